The number of rotatable bonds is 3. The van der Waals surface area contributed by atoms with Crippen LogP contribution >= 0.6 is 12.2 Å². The van der Waals surface area contributed by atoms with Gasteiger partial charge in [-0.05, 0) is 42.7 Å². The normalized spacial score (nSPS) is 14.6. The summed E-state index contributed by atoms with van der Waals surface area (Å²) >= 11 is 5.05. The van der Waals surface area contributed by atoms with Gasteiger partial charge in [0.1, 0.15) is 10.4 Å². The molecule has 2 aromatic rings. The quantitative estimate of drug-likeness (QED) is 0.841. The molecule has 86 valence electrons. The molecular formula is C13H12N2OS. The molecule has 1 aliphatic carbocycles. The Morgan fingerprint density at radius 3 is 2.59 bits per heavy atom. The molecule has 0 saturated heterocycles. The molecule has 0 bridgehead atoms. The van der Waals surface area contributed by atoms with Crippen molar-refractivity contribution in [3.63, 3.8) is 0 Å². The van der Waals surface area contributed by atoms with E-state index in [0.717, 1.165) is 17.0 Å². The fraction of sp³-hybridized carbons (Fsp3) is 0.231. The molecule has 3 nitrogen and oxygen atoms in total. The zero-order chi connectivity index (χ0) is 11.7. The van der Waals surface area contributed by atoms with Crippen molar-refractivity contribution in [1.82, 2.24) is 9.97 Å². The summed E-state index contributed by atoms with van der Waals surface area (Å²) in [6, 6.07) is 8.00. The van der Waals surface area contributed by atoms with Gasteiger partial charge in [-0.15, -0.1) is 0 Å². The Morgan fingerprint density at radius 2 is 1.94 bits per heavy atom. The van der Waals surface area contributed by atoms with Crippen LogP contribution in [-0.4, -0.2) is 16.1 Å². The first-order valence-electron chi connectivity index (χ1n) is 5.63. The molecule has 0 amide bonds. The average Bonchev–Trinajstić information content (AvgIpc) is 3.14. The molecule has 1 heterocycles. The lowest BCUT2D eigenvalue weighted by Gasteiger charge is -2.05. The maximum Gasteiger partial charge on any atom is 0.122 e. The van der Waals surface area contributed by atoms with Crippen molar-refractivity contribution in [2.45, 2.75) is 18.9 Å². The summed E-state index contributed by atoms with van der Waals surface area (Å²) in [7, 11) is 0. The van der Waals surface area contributed by atoms with Crippen LogP contribution in [0.15, 0.2) is 36.7 Å². The number of hydrogen-bond acceptors (Lipinski definition) is 3. The molecule has 0 unspecified atom stereocenters. The van der Waals surface area contributed by atoms with E-state index < -0.39 is 0 Å². The number of nitrogens with zero attached hydrogens (tertiary/aromatic N) is 1. The lowest BCUT2D eigenvalue weighted by molar-refractivity contribution is 0.303. The van der Waals surface area contributed by atoms with Crippen molar-refractivity contribution in [2.75, 3.05) is 0 Å². The minimum Gasteiger partial charge on any atom is -0.490 e. The highest BCUT2D eigenvalue weighted by atomic mass is 32.1. The number of aromatic amines is 1. The van der Waals surface area contributed by atoms with Crippen molar-refractivity contribution in [3.05, 3.63) is 41.3 Å². The number of nitrogens with one attached hydrogen (secondary N) is 1. The second-order valence-electron chi connectivity index (χ2n) is 4.15. The summed E-state index contributed by atoms with van der Waals surface area (Å²) in [5.74, 6) is 0.929. The SMILES string of the molecule is S=c1cncc(-c2ccc(OC3CC3)cc2)[nH]1. The summed E-state index contributed by atoms with van der Waals surface area (Å²) in [4.78, 5) is 7.18. The van der Waals surface area contributed by atoms with Gasteiger partial charge < -0.3 is 9.72 Å². The Kier molecular flexibility index (Phi) is 2.65. The third-order valence-corrected chi connectivity index (χ3v) is 2.85. The molecule has 3 rings (SSSR count). The Hall–Kier alpha value is -1.68. The number of aromatic nitrogens is 2. The maximum absolute atomic E-state index is 5.69. The highest BCUT2D eigenvalue weighted by Gasteiger charge is 2.23. The second kappa shape index (κ2) is 4.30. The molecule has 0 spiro atoms. The van der Waals surface area contributed by atoms with Crippen LogP contribution in [0.1, 0.15) is 12.8 Å². The van der Waals surface area contributed by atoms with Crippen LogP contribution < -0.4 is 4.74 Å². The fourth-order valence-electron chi connectivity index (χ4n) is 1.61. The van der Waals surface area contributed by atoms with E-state index >= 15 is 0 Å². The minimum absolute atomic E-state index is 0.435. The first kappa shape index (κ1) is 10.5. The number of hydrogen-bond donors (Lipinski definition) is 1. The number of H-pyrrole nitrogens is 1. The number of benzene rings is 1. The lowest BCUT2D eigenvalue weighted by Crippen LogP contribution is -1.95. The van der Waals surface area contributed by atoms with Gasteiger partial charge in [-0.1, -0.05) is 12.2 Å². The first-order valence-corrected chi connectivity index (χ1v) is 6.03. The smallest absolute Gasteiger partial charge is 0.122 e. The predicted molar refractivity (Wildman–Crippen MR) is 68.5 cm³/mol. The number of ether oxygens (including phenoxy) is 1. The standard InChI is InChI=1S/C13H12N2OS/c17-13-8-14-7-12(15-13)9-1-3-10(4-2-9)16-11-5-6-11/h1-4,7-8,11H,5-6H2,(H,15,17). The van der Waals surface area contributed by atoms with Crippen LogP contribution in [0.3, 0.4) is 0 Å². The molecule has 1 aromatic heterocycles. The molecule has 17 heavy (non-hydrogen) atoms. The summed E-state index contributed by atoms with van der Waals surface area (Å²) in [6.07, 6.45) is 6.19. The van der Waals surface area contributed by atoms with E-state index in [0.29, 0.717) is 10.7 Å². The van der Waals surface area contributed by atoms with Gasteiger partial charge in [-0.25, -0.2) is 0 Å². The highest BCUT2D eigenvalue weighted by molar-refractivity contribution is 7.71. The van der Waals surface area contributed by atoms with Gasteiger partial charge in [0.2, 0.25) is 0 Å². The summed E-state index contributed by atoms with van der Waals surface area (Å²) in [5, 5.41) is 0. The maximum atomic E-state index is 5.69. The molecule has 1 aromatic carbocycles. The Labute approximate surface area is 104 Å². The van der Waals surface area contributed by atoms with Crippen LogP contribution in [0.25, 0.3) is 11.3 Å². The average molecular weight is 244 g/mol. The van der Waals surface area contributed by atoms with Crippen LogP contribution in [0, 0.1) is 4.64 Å². The van der Waals surface area contributed by atoms with E-state index in [4.69, 9.17) is 17.0 Å². The van der Waals surface area contributed by atoms with Crippen LogP contribution in [0.4, 0.5) is 0 Å². The molecule has 1 fully saturated rings. The summed E-state index contributed by atoms with van der Waals surface area (Å²) in [5.41, 5.74) is 1.99. The Morgan fingerprint density at radius 1 is 1.18 bits per heavy atom. The second-order valence-corrected chi connectivity index (χ2v) is 4.59. The van der Waals surface area contributed by atoms with E-state index in [9.17, 15) is 0 Å². The predicted octanol–water partition coefficient (Wildman–Crippen LogP) is 3.35. The van der Waals surface area contributed by atoms with E-state index in [1.165, 1.54) is 12.8 Å². The van der Waals surface area contributed by atoms with Gasteiger partial charge in [0, 0.05) is 0 Å². The zero-order valence-corrected chi connectivity index (χ0v) is 10.0. The topological polar surface area (TPSA) is 37.9 Å². The molecule has 1 saturated carbocycles. The van der Waals surface area contributed by atoms with Crippen LogP contribution in [-0.2, 0) is 0 Å². The fourth-order valence-corrected chi connectivity index (χ4v) is 1.79. The van der Waals surface area contributed by atoms with Gasteiger partial charge in [0.25, 0.3) is 0 Å². The largest absolute Gasteiger partial charge is 0.490 e. The van der Waals surface area contributed by atoms with Gasteiger partial charge in [-0.2, -0.15) is 0 Å². The first-order chi connectivity index (χ1) is 8.31. The monoisotopic (exact) mass is 244 g/mol. The van der Waals surface area contributed by atoms with Crippen molar-refractivity contribution in [2.24, 2.45) is 0 Å². The van der Waals surface area contributed by atoms with Gasteiger partial charge in [0.05, 0.1) is 24.2 Å². The molecule has 1 aliphatic rings. The van der Waals surface area contributed by atoms with E-state index in [1.54, 1.807) is 12.4 Å². The molecule has 0 radical (unpaired) electrons. The van der Waals surface area contributed by atoms with Crippen molar-refractivity contribution in [1.29, 1.82) is 0 Å². The molecule has 4 heteroatoms. The van der Waals surface area contributed by atoms with E-state index in [-0.39, 0.29) is 0 Å². The molecule has 0 aliphatic heterocycles. The van der Waals surface area contributed by atoms with E-state index in [1.807, 2.05) is 24.3 Å². The molecular weight excluding hydrogens is 232 g/mol. The van der Waals surface area contributed by atoms with Crippen LogP contribution in [0.5, 0.6) is 5.75 Å². The van der Waals surface area contributed by atoms with Crippen LogP contribution in [0.2, 0.25) is 0 Å². The lowest BCUT2D eigenvalue weighted by atomic mass is 10.1. The van der Waals surface area contributed by atoms with Gasteiger partial charge in [-0.3, -0.25) is 4.98 Å². The van der Waals surface area contributed by atoms with Crippen molar-refractivity contribution >= 4 is 12.2 Å². The van der Waals surface area contributed by atoms with Crippen molar-refractivity contribution in [3.8, 4) is 17.0 Å². The third kappa shape index (κ3) is 2.53. The Bertz CT molecular complexity index is 572. The van der Waals surface area contributed by atoms with Gasteiger partial charge >= 0.3 is 0 Å². The minimum atomic E-state index is 0.435. The van der Waals surface area contributed by atoms with Crippen molar-refractivity contribution < 1.29 is 4.74 Å². The third-order valence-electron chi connectivity index (χ3n) is 2.65. The summed E-state index contributed by atoms with van der Waals surface area (Å²) < 4.78 is 6.33. The highest BCUT2D eigenvalue weighted by Crippen LogP contribution is 2.28. The summed E-state index contributed by atoms with van der Waals surface area (Å²) in [6.45, 7) is 0. The zero-order valence-electron chi connectivity index (χ0n) is 9.22. The molecule has 0 atom stereocenters. The van der Waals surface area contributed by atoms with Gasteiger partial charge in [0.15, 0.2) is 0 Å². The molecule has 1 N–H and O–H groups in total. The Balaban J connectivity index is 1.85. The van der Waals surface area contributed by atoms with E-state index in [2.05, 4.69) is 9.97 Å².